The van der Waals surface area contributed by atoms with Crippen LogP contribution in [0.25, 0.3) is 107 Å². The highest BCUT2D eigenvalue weighted by Gasteiger charge is 2.45. The number of anilines is 6. The Hall–Kier alpha value is -10.1. The molecule has 0 radical (unpaired) electrons. The number of rotatable bonds is 8. The van der Waals surface area contributed by atoms with E-state index in [9.17, 15) is 0 Å². The van der Waals surface area contributed by atoms with Crippen molar-refractivity contribution < 1.29 is 0 Å². The number of hydrogen-bond donors (Lipinski definition) is 0. The summed E-state index contributed by atoms with van der Waals surface area (Å²) >= 11 is 3.84. The standard InChI is InChI=1S/C99H90N2S2/c1-95(2,3)68-48-66(49-69(54-68)96(4,5)6)64-45-47-81-80(52-64)89-75-46-44-65(67-50-70(97(7,8)9)55-71(51-67)98(10,11)12)53-82(75)101(92-77(61-34-22-17-23-35-61)59-79-74-41-29-31-43-86(74)103-94(79)88(92)63-38-26-19-27-39-63)84-57-72(99(13,14)15)56-83(90(84)89)100(81)91-76(60-32-20-16-21-33-60)58-78-73-40-28-30-42-85(73)102-93(78)87(91)62-36-24-18-25-37-62/h16-59,89H,1-15H3. The molecule has 4 heterocycles. The van der Waals surface area contributed by atoms with E-state index in [4.69, 9.17) is 0 Å². The second-order valence-corrected chi connectivity index (χ2v) is 36.2. The summed E-state index contributed by atoms with van der Waals surface area (Å²) in [5.74, 6) is -0.230. The van der Waals surface area contributed by atoms with Gasteiger partial charge in [0.25, 0.3) is 0 Å². The molecule has 13 aromatic carbocycles. The third-order valence-corrected chi connectivity index (χ3v) is 24.4. The van der Waals surface area contributed by atoms with E-state index in [0.717, 1.165) is 0 Å². The van der Waals surface area contributed by atoms with Gasteiger partial charge in [0.05, 0.1) is 34.1 Å². The molecule has 1 unspecified atom stereocenters. The topological polar surface area (TPSA) is 6.48 Å². The van der Waals surface area contributed by atoms with Gasteiger partial charge in [0.1, 0.15) is 0 Å². The second-order valence-electron chi connectivity index (χ2n) is 34.1. The summed E-state index contributed by atoms with van der Waals surface area (Å²) in [6.45, 7) is 35.6. The fraction of sp³-hybridized carbons (Fsp3) is 0.212. The normalized spacial score (nSPS) is 14.0. The minimum Gasteiger partial charge on any atom is -0.308 e. The maximum atomic E-state index is 2.79. The van der Waals surface area contributed by atoms with Gasteiger partial charge in [-0.05, 0) is 165 Å². The van der Waals surface area contributed by atoms with Crippen molar-refractivity contribution in [3.8, 4) is 66.8 Å². The van der Waals surface area contributed by atoms with Crippen LogP contribution in [0.4, 0.5) is 34.1 Å². The third kappa shape index (κ3) is 11.3. The minimum absolute atomic E-state index is 0.0912. The quantitative estimate of drug-likeness (QED) is 0.150. The number of thiophene rings is 2. The van der Waals surface area contributed by atoms with Gasteiger partial charge in [-0.25, -0.2) is 0 Å². The molecule has 0 N–H and O–H groups in total. The Labute approximate surface area is 617 Å². The summed E-state index contributed by atoms with van der Waals surface area (Å²) in [6.07, 6.45) is 0. The molecule has 2 aromatic heterocycles. The fourth-order valence-corrected chi connectivity index (χ4v) is 18.7. The van der Waals surface area contributed by atoms with Gasteiger partial charge >= 0.3 is 0 Å². The average Bonchev–Trinajstić information content (AvgIpc) is 1.33. The van der Waals surface area contributed by atoms with Crippen LogP contribution >= 0.6 is 22.7 Å². The van der Waals surface area contributed by atoms with Gasteiger partial charge in [-0.2, -0.15) is 0 Å². The van der Waals surface area contributed by atoms with Crippen LogP contribution < -0.4 is 9.80 Å². The Morgan fingerprint density at radius 2 is 0.602 bits per heavy atom. The monoisotopic (exact) mass is 1370 g/mol. The Bertz CT molecular complexity index is 5810. The first-order valence-electron chi connectivity index (χ1n) is 36.8. The predicted molar refractivity (Wildman–Crippen MR) is 449 cm³/mol. The molecule has 0 amide bonds. The third-order valence-electron chi connectivity index (χ3n) is 22.0. The molecule has 0 saturated heterocycles. The van der Waals surface area contributed by atoms with E-state index in [2.05, 4.69) is 381 Å². The summed E-state index contributed by atoms with van der Waals surface area (Å²) in [4.78, 5) is 5.55. The van der Waals surface area contributed by atoms with Crippen molar-refractivity contribution in [1.82, 2.24) is 0 Å². The molecule has 0 spiro atoms. The number of fused-ring (bicyclic) bond motifs is 10. The lowest BCUT2D eigenvalue weighted by molar-refractivity contribution is 0.568. The van der Waals surface area contributed by atoms with Crippen molar-refractivity contribution in [2.45, 2.75) is 137 Å². The minimum atomic E-state index is -0.315. The molecular weight excluding hydrogens is 1280 g/mol. The van der Waals surface area contributed by atoms with Crippen LogP contribution in [0.5, 0.6) is 0 Å². The highest BCUT2D eigenvalue weighted by molar-refractivity contribution is 7.27. The zero-order valence-electron chi connectivity index (χ0n) is 62.2. The van der Waals surface area contributed by atoms with E-state index in [-0.39, 0.29) is 33.0 Å². The van der Waals surface area contributed by atoms with Crippen molar-refractivity contribution in [2.75, 3.05) is 9.80 Å². The molecule has 2 aliphatic heterocycles. The van der Waals surface area contributed by atoms with E-state index in [0.29, 0.717) is 0 Å². The zero-order chi connectivity index (χ0) is 71.4. The Kier molecular flexibility index (Phi) is 15.6. The van der Waals surface area contributed by atoms with Gasteiger partial charge in [0, 0.05) is 74.1 Å². The molecule has 0 saturated carbocycles. The molecule has 2 aliphatic rings. The molecule has 2 nitrogen and oxygen atoms in total. The van der Waals surface area contributed by atoms with Gasteiger partial charge in [-0.1, -0.05) is 316 Å². The summed E-state index contributed by atoms with van der Waals surface area (Å²) in [5.41, 5.74) is 31.2. The van der Waals surface area contributed by atoms with Gasteiger partial charge in [0.2, 0.25) is 0 Å². The molecule has 0 bridgehead atoms. The van der Waals surface area contributed by atoms with E-state index in [1.165, 1.54) is 186 Å². The molecule has 15 aromatic rings. The summed E-state index contributed by atoms with van der Waals surface area (Å²) in [6, 6.07) is 104. The number of hydrogen-bond acceptors (Lipinski definition) is 4. The first-order chi connectivity index (χ1) is 49.2. The lowest BCUT2D eigenvalue weighted by Crippen LogP contribution is -2.31. The van der Waals surface area contributed by atoms with E-state index in [1.54, 1.807) is 0 Å². The van der Waals surface area contributed by atoms with Crippen molar-refractivity contribution in [3.63, 3.8) is 0 Å². The lowest BCUT2D eigenvalue weighted by Gasteiger charge is -2.47. The smallest absolute Gasteiger partial charge is 0.0633 e. The number of benzene rings is 13. The Morgan fingerprint density at radius 3 is 1.01 bits per heavy atom. The van der Waals surface area contributed by atoms with E-state index >= 15 is 0 Å². The highest BCUT2D eigenvalue weighted by atomic mass is 32.1. The largest absolute Gasteiger partial charge is 0.308 e. The SMILES string of the molecule is CC(C)(C)c1cc(-c2ccc3c(c2)C2c4ccc(-c5cc(C(C)(C)C)cc(C(C)(C)C)c5)cc4N(c4c(-c5ccccc5)cc5c(sc6ccccc65)c4-c4ccccc4)c4cc(C(C)(C)C)cc(c42)N3c2c(-c3ccccc3)cc3c(sc4ccccc43)c2-c2ccccc2)cc(C(C)(C)C)c1. The van der Waals surface area contributed by atoms with Crippen LogP contribution in [0.1, 0.15) is 154 Å². The average molecular weight is 1370 g/mol. The van der Waals surface area contributed by atoms with Gasteiger partial charge in [0.15, 0.2) is 0 Å². The Balaban J connectivity index is 1.09. The molecular formula is C99H90N2S2. The van der Waals surface area contributed by atoms with Crippen LogP contribution in [-0.2, 0) is 27.1 Å². The molecule has 1 atom stereocenters. The first-order valence-corrected chi connectivity index (χ1v) is 38.5. The highest BCUT2D eigenvalue weighted by Crippen LogP contribution is 2.66. The van der Waals surface area contributed by atoms with Gasteiger partial charge in [-0.3, -0.25) is 0 Å². The molecule has 103 heavy (non-hydrogen) atoms. The summed E-state index contributed by atoms with van der Waals surface area (Å²) in [5, 5.41) is 5.08. The Morgan fingerprint density at radius 1 is 0.252 bits per heavy atom. The summed E-state index contributed by atoms with van der Waals surface area (Å²) < 4.78 is 5.10. The van der Waals surface area contributed by atoms with Crippen molar-refractivity contribution >= 4 is 97.1 Å². The van der Waals surface area contributed by atoms with Crippen LogP contribution in [0, 0.1) is 0 Å². The molecule has 0 aliphatic carbocycles. The fourth-order valence-electron chi connectivity index (χ4n) is 16.2. The van der Waals surface area contributed by atoms with Crippen LogP contribution in [0.15, 0.2) is 267 Å². The zero-order valence-corrected chi connectivity index (χ0v) is 63.8. The van der Waals surface area contributed by atoms with Crippen LogP contribution in [0.3, 0.4) is 0 Å². The molecule has 4 heteroatoms. The maximum absolute atomic E-state index is 2.79. The van der Waals surface area contributed by atoms with E-state index in [1.807, 2.05) is 22.7 Å². The van der Waals surface area contributed by atoms with Crippen molar-refractivity contribution in [3.05, 3.63) is 311 Å². The van der Waals surface area contributed by atoms with Crippen molar-refractivity contribution in [2.24, 2.45) is 0 Å². The number of nitrogens with zero attached hydrogens (tertiary/aromatic N) is 2. The predicted octanol–water partition coefficient (Wildman–Crippen LogP) is 29.7. The summed E-state index contributed by atoms with van der Waals surface area (Å²) in [7, 11) is 0. The van der Waals surface area contributed by atoms with Crippen molar-refractivity contribution in [1.29, 1.82) is 0 Å². The first kappa shape index (κ1) is 66.2. The van der Waals surface area contributed by atoms with E-state index < -0.39 is 0 Å². The van der Waals surface area contributed by atoms with Crippen LogP contribution in [0.2, 0.25) is 0 Å². The maximum Gasteiger partial charge on any atom is 0.0633 e. The van der Waals surface area contributed by atoms with Gasteiger partial charge < -0.3 is 9.80 Å². The molecule has 0 fully saturated rings. The lowest BCUT2D eigenvalue weighted by atomic mass is 9.72. The molecule has 508 valence electrons. The van der Waals surface area contributed by atoms with Gasteiger partial charge in [-0.15, -0.1) is 22.7 Å². The van der Waals surface area contributed by atoms with Crippen LogP contribution in [-0.4, -0.2) is 0 Å². The molecule has 17 rings (SSSR count). The second kappa shape index (κ2) is 24.3.